The van der Waals surface area contributed by atoms with Crippen LogP contribution < -0.4 is 10.2 Å². The third-order valence-corrected chi connectivity index (χ3v) is 7.69. The van der Waals surface area contributed by atoms with Crippen LogP contribution in [-0.4, -0.2) is 70.9 Å². The molecule has 0 saturated carbocycles. The number of halogens is 1. The average molecular weight is 572 g/mol. The van der Waals surface area contributed by atoms with Crippen molar-refractivity contribution >= 4 is 45.6 Å². The smallest absolute Gasteiger partial charge is 0.242 e. The van der Waals surface area contributed by atoms with Crippen molar-refractivity contribution in [3.05, 3.63) is 59.2 Å². The van der Waals surface area contributed by atoms with E-state index in [1.807, 2.05) is 12.1 Å². The van der Waals surface area contributed by atoms with E-state index in [9.17, 15) is 8.42 Å². The SMILES string of the molecule is CN=C(NCc1ccc(S(=O)(=O)N(C)C)cc1)N1CCN(c2cccc(C)c2C)CC1.I. The standard InChI is InChI=1S/C23H33N5O2S.HI/c1-18-7-6-8-22(19(18)2)27-13-15-28(16-14-27)23(24-3)25-17-20-9-11-21(12-10-20)31(29,30)26(4)5;/h6-12H,13-17H2,1-5H3,(H,24,25);1H. The number of piperazine rings is 1. The lowest BCUT2D eigenvalue weighted by Gasteiger charge is -2.38. The number of nitrogens with zero attached hydrogens (tertiary/aromatic N) is 4. The Morgan fingerprint density at radius 1 is 1.03 bits per heavy atom. The molecule has 2 aromatic carbocycles. The van der Waals surface area contributed by atoms with Gasteiger partial charge in [0.2, 0.25) is 10.0 Å². The van der Waals surface area contributed by atoms with Gasteiger partial charge in [0.15, 0.2) is 5.96 Å². The monoisotopic (exact) mass is 571 g/mol. The van der Waals surface area contributed by atoms with Gasteiger partial charge in [-0.25, -0.2) is 12.7 Å². The fourth-order valence-electron chi connectivity index (χ4n) is 3.74. The van der Waals surface area contributed by atoms with Crippen LogP contribution in [0.5, 0.6) is 0 Å². The van der Waals surface area contributed by atoms with E-state index >= 15 is 0 Å². The van der Waals surface area contributed by atoms with Gasteiger partial charge in [0.25, 0.3) is 0 Å². The maximum absolute atomic E-state index is 12.2. The van der Waals surface area contributed by atoms with E-state index in [1.54, 1.807) is 19.2 Å². The summed E-state index contributed by atoms with van der Waals surface area (Å²) in [6, 6.07) is 13.5. The topological polar surface area (TPSA) is 68.2 Å². The van der Waals surface area contributed by atoms with Gasteiger partial charge in [-0.1, -0.05) is 24.3 Å². The van der Waals surface area contributed by atoms with Gasteiger partial charge in [0.1, 0.15) is 0 Å². The fourth-order valence-corrected chi connectivity index (χ4v) is 4.64. The molecule has 0 unspecified atom stereocenters. The molecular weight excluding hydrogens is 537 g/mol. The number of hydrogen-bond acceptors (Lipinski definition) is 4. The fraction of sp³-hybridized carbons (Fsp3) is 0.435. The number of aryl methyl sites for hydroxylation is 1. The van der Waals surface area contributed by atoms with Gasteiger partial charge in [-0.3, -0.25) is 4.99 Å². The molecule has 0 spiro atoms. The first-order valence-corrected chi connectivity index (χ1v) is 12.0. The van der Waals surface area contributed by atoms with Crippen LogP contribution in [-0.2, 0) is 16.6 Å². The molecule has 1 saturated heterocycles. The van der Waals surface area contributed by atoms with Gasteiger partial charge in [-0.05, 0) is 48.7 Å². The first kappa shape index (κ1) is 26.4. The molecule has 32 heavy (non-hydrogen) atoms. The Morgan fingerprint density at radius 2 is 1.66 bits per heavy atom. The van der Waals surface area contributed by atoms with Crippen LogP contribution >= 0.6 is 24.0 Å². The number of sulfonamides is 1. The molecule has 0 atom stereocenters. The van der Waals surface area contributed by atoms with Crippen LogP contribution in [0.3, 0.4) is 0 Å². The van der Waals surface area contributed by atoms with Crippen LogP contribution in [0.25, 0.3) is 0 Å². The number of guanidine groups is 1. The predicted molar refractivity (Wildman–Crippen MR) is 143 cm³/mol. The summed E-state index contributed by atoms with van der Waals surface area (Å²) in [5.74, 6) is 0.866. The number of hydrogen-bond donors (Lipinski definition) is 1. The first-order valence-electron chi connectivity index (χ1n) is 10.5. The summed E-state index contributed by atoms with van der Waals surface area (Å²) < 4.78 is 25.6. The Labute approximate surface area is 209 Å². The van der Waals surface area contributed by atoms with Gasteiger partial charge in [0.05, 0.1) is 4.90 Å². The third kappa shape index (κ3) is 5.93. The predicted octanol–water partition coefficient (Wildman–Crippen LogP) is 3.07. The maximum atomic E-state index is 12.2. The van der Waals surface area contributed by atoms with Gasteiger partial charge in [-0.2, -0.15) is 0 Å². The van der Waals surface area contributed by atoms with Crippen molar-refractivity contribution in [2.45, 2.75) is 25.3 Å². The zero-order valence-electron chi connectivity index (χ0n) is 19.5. The summed E-state index contributed by atoms with van der Waals surface area (Å²) in [5.41, 5.74) is 4.99. The Bertz CT molecular complexity index is 1030. The summed E-state index contributed by atoms with van der Waals surface area (Å²) in [6.45, 7) is 8.62. The van der Waals surface area contributed by atoms with Gasteiger partial charge in [-0.15, -0.1) is 24.0 Å². The van der Waals surface area contributed by atoms with Crippen LogP contribution in [0, 0.1) is 13.8 Å². The minimum atomic E-state index is -3.40. The van der Waals surface area contributed by atoms with E-state index in [0.717, 1.165) is 37.7 Å². The second kappa shape index (κ2) is 11.3. The molecule has 1 N–H and O–H groups in total. The molecular formula is C23H34IN5O2S. The van der Waals surface area contributed by atoms with Gasteiger partial charge in [0, 0.05) is 59.6 Å². The Hall–Kier alpha value is -1.85. The lowest BCUT2D eigenvalue weighted by atomic mass is 10.1. The van der Waals surface area contributed by atoms with Crippen molar-refractivity contribution in [3.63, 3.8) is 0 Å². The highest BCUT2D eigenvalue weighted by Gasteiger charge is 2.21. The number of aliphatic imine (C=N–C) groups is 1. The normalized spacial score (nSPS) is 15.0. The van der Waals surface area contributed by atoms with Crippen molar-refractivity contribution in [1.29, 1.82) is 0 Å². The highest BCUT2D eigenvalue weighted by Crippen LogP contribution is 2.24. The first-order chi connectivity index (χ1) is 14.7. The van der Waals surface area contributed by atoms with Crippen molar-refractivity contribution in [2.24, 2.45) is 4.99 Å². The molecule has 0 radical (unpaired) electrons. The van der Waals surface area contributed by atoms with E-state index in [1.165, 1.54) is 35.2 Å². The lowest BCUT2D eigenvalue weighted by molar-refractivity contribution is 0.372. The molecule has 3 rings (SSSR count). The zero-order valence-corrected chi connectivity index (χ0v) is 22.6. The number of nitrogens with one attached hydrogen (secondary N) is 1. The van der Waals surface area contributed by atoms with Crippen LogP contribution in [0.15, 0.2) is 52.4 Å². The highest BCUT2D eigenvalue weighted by atomic mass is 127. The molecule has 0 aliphatic carbocycles. The Morgan fingerprint density at radius 3 is 2.22 bits per heavy atom. The zero-order chi connectivity index (χ0) is 22.6. The molecule has 1 heterocycles. The van der Waals surface area contributed by atoms with Crippen LogP contribution in [0.1, 0.15) is 16.7 Å². The minimum absolute atomic E-state index is 0. The number of benzene rings is 2. The molecule has 7 nitrogen and oxygen atoms in total. The molecule has 1 fully saturated rings. The molecule has 1 aliphatic heterocycles. The third-order valence-electron chi connectivity index (χ3n) is 5.86. The minimum Gasteiger partial charge on any atom is -0.368 e. The van der Waals surface area contributed by atoms with Gasteiger partial charge >= 0.3 is 0 Å². The molecule has 176 valence electrons. The summed E-state index contributed by atoms with van der Waals surface area (Å²) in [7, 11) is 1.47. The van der Waals surface area contributed by atoms with Gasteiger partial charge < -0.3 is 15.1 Å². The second-order valence-electron chi connectivity index (χ2n) is 8.03. The molecule has 0 aromatic heterocycles. The lowest BCUT2D eigenvalue weighted by Crippen LogP contribution is -2.52. The summed E-state index contributed by atoms with van der Waals surface area (Å²) in [5, 5.41) is 3.41. The summed E-state index contributed by atoms with van der Waals surface area (Å²) in [4.78, 5) is 9.46. The largest absolute Gasteiger partial charge is 0.368 e. The summed E-state index contributed by atoms with van der Waals surface area (Å²) in [6.07, 6.45) is 0. The summed E-state index contributed by atoms with van der Waals surface area (Å²) >= 11 is 0. The van der Waals surface area contributed by atoms with E-state index in [-0.39, 0.29) is 24.0 Å². The Kier molecular flexibility index (Phi) is 9.35. The maximum Gasteiger partial charge on any atom is 0.242 e. The highest BCUT2D eigenvalue weighted by molar-refractivity contribution is 14.0. The van der Waals surface area contributed by atoms with Crippen LogP contribution in [0.4, 0.5) is 5.69 Å². The van der Waals surface area contributed by atoms with Crippen molar-refractivity contribution in [3.8, 4) is 0 Å². The van der Waals surface area contributed by atoms with Crippen molar-refractivity contribution in [1.82, 2.24) is 14.5 Å². The van der Waals surface area contributed by atoms with E-state index in [0.29, 0.717) is 11.4 Å². The quantitative estimate of drug-likeness (QED) is 0.340. The Balaban J connectivity index is 0.00000363. The molecule has 9 heteroatoms. The second-order valence-corrected chi connectivity index (χ2v) is 10.2. The van der Waals surface area contributed by atoms with Crippen LogP contribution in [0.2, 0.25) is 0 Å². The van der Waals surface area contributed by atoms with Crippen molar-refractivity contribution in [2.75, 3.05) is 52.2 Å². The number of rotatable bonds is 5. The molecule has 1 aliphatic rings. The van der Waals surface area contributed by atoms with Crippen molar-refractivity contribution < 1.29 is 8.42 Å². The average Bonchev–Trinajstić information content (AvgIpc) is 2.77. The molecule has 0 amide bonds. The number of anilines is 1. The molecule has 2 aromatic rings. The molecule has 0 bridgehead atoms. The van der Waals surface area contributed by atoms with E-state index in [2.05, 4.69) is 52.2 Å². The van der Waals surface area contributed by atoms with E-state index in [4.69, 9.17) is 0 Å². The van der Waals surface area contributed by atoms with E-state index < -0.39 is 10.0 Å².